The van der Waals surface area contributed by atoms with Crippen molar-refractivity contribution in [3.05, 3.63) is 18.0 Å². The summed E-state index contributed by atoms with van der Waals surface area (Å²) < 4.78 is 12.0. The number of aromatic nitrogens is 2. The molecule has 0 aromatic carbocycles. The van der Waals surface area contributed by atoms with Gasteiger partial charge in [0.1, 0.15) is 0 Å². The summed E-state index contributed by atoms with van der Waals surface area (Å²) in [6, 6.07) is 1.91. The van der Waals surface area contributed by atoms with Crippen molar-refractivity contribution in [2.24, 2.45) is 5.73 Å². The molecule has 0 bridgehead atoms. The topological polar surface area (TPSA) is 62.3 Å². The molecular formula is C9H17N3O2. The van der Waals surface area contributed by atoms with Crippen molar-refractivity contribution in [2.45, 2.75) is 13.1 Å². The van der Waals surface area contributed by atoms with Crippen molar-refractivity contribution in [1.82, 2.24) is 9.78 Å². The summed E-state index contributed by atoms with van der Waals surface area (Å²) in [6.07, 6.45) is 1.90. The number of nitrogens with two attached hydrogens (primary N) is 1. The third-order valence-corrected chi connectivity index (χ3v) is 1.80. The van der Waals surface area contributed by atoms with E-state index in [0.29, 0.717) is 26.4 Å². The van der Waals surface area contributed by atoms with E-state index in [0.717, 1.165) is 12.2 Å². The maximum atomic E-state index is 5.43. The van der Waals surface area contributed by atoms with Gasteiger partial charge in [0.05, 0.1) is 32.1 Å². The second kappa shape index (κ2) is 6.53. The average molecular weight is 199 g/mol. The molecule has 5 nitrogen and oxygen atoms in total. The van der Waals surface area contributed by atoms with Crippen molar-refractivity contribution in [2.75, 3.05) is 26.9 Å². The van der Waals surface area contributed by atoms with Gasteiger partial charge in [-0.2, -0.15) is 5.10 Å². The van der Waals surface area contributed by atoms with E-state index in [2.05, 4.69) is 5.10 Å². The van der Waals surface area contributed by atoms with Crippen LogP contribution in [0.1, 0.15) is 5.69 Å². The van der Waals surface area contributed by atoms with Crippen LogP contribution < -0.4 is 5.73 Å². The fourth-order valence-electron chi connectivity index (χ4n) is 1.04. The molecule has 0 amide bonds. The van der Waals surface area contributed by atoms with Crippen molar-refractivity contribution in [1.29, 1.82) is 0 Å². The number of hydrogen-bond acceptors (Lipinski definition) is 4. The molecule has 1 aromatic heterocycles. The highest BCUT2D eigenvalue weighted by Gasteiger charge is 1.95. The summed E-state index contributed by atoms with van der Waals surface area (Å²) in [6.45, 7) is 3.14. The Balaban J connectivity index is 2.12. The van der Waals surface area contributed by atoms with E-state index < -0.39 is 0 Å². The first-order valence-corrected chi connectivity index (χ1v) is 4.66. The molecule has 0 aliphatic heterocycles. The van der Waals surface area contributed by atoms with Crippen LogP contribution >= 0.6 is 0 Å². The smallest absolute Gasteiger partial charge is 0.0760 e. The Bertz CT molecular complexity index is 250. The zero-order valence-corrected chi connectivity index (χ0v) is 8.48. The van der Waals surface area contributed by atoms with E-state index in [-0.39, 0.29) is 0 Å². The maximum absolute atomic E-state index is 5.43. The molecule has 0 atom stereocenters. The average Bonchev–Trinajstić information content (AvgIpc) is 2.65. The Hall–Kier alpha value is -0.910. The standard InChI is InChI=1S/C9H17N3O2/c1-13-6-7-14-5-4-12-3-2-9(8-10)11-12/h2-3H,4-8,10H2,1H3. The number of methoxy groups -OCH3 is 1. The molecule has 2 N–H and O–H groups in total. The molecule has 0 saturated heterocycles. The molecule has 1 heterocycles. The number of nitrogens with zero attached hydrogens (tertiary/aromatic N) is 2. The lowest BCUT2D eigenvalue weighted by atomic mass is 10.4. The van der Waals surface area contributed by atoms with E-state index in [1.54, 1.807) is 7.11 Å². The predicted molar refractivity (Wildman–Crippen MR) is 52.8 cm³/mol. The molecule has 1 rings (SSSR count). The van der Waals surface area contributed by atoms with Gasteiger partial charge in [0.25, 0.3) is 0 Å². The van der Waals surface area contributed by atoms with Gasteiger partial charge in [-0.25, -0.2) is 0 Å². The molecule has 0 fully saturated rings. The highest BCUT2D eigenvalue weighted by atomic mass is 16.5. The lowest BCUT2D eigenvalue weighted by molar-refractivity contribution is 0.0654. The van der Waals surface area contributed by atoms with E-state index in [1.807, 2.05) is 16.9 Å². The second-order valence-electron chi connectivity index (χ2n) is 2.88. The quantitative estimate of drug-likeness (QED) is 0.628. The fraction of sp³-hybridized carbons (Fsp3) is 0.667. The maximum Gasteiger partial charge on any atom is 0.0760 e. The van der Waals surface area contributed by atoms with Crippen molar-refractivity contribution < 1.29 is 9.47 Å². The third kappa shape index (κ3) is 3.87. The molecule has 80 valence electrons. The van der Waals surface area contributed by atoms with Gasteiger partial charge in [-0.1, -0.05) is 0 Å². The molecule has 14 heavy (non-hydrogen) atoms. The van der Waals surface area contributed by atoms with Crippen LogP contribution in [-0.4, -0.2) is 36.7 Å². The lowest BCUT2D eigenvalue weighted by Gasteiger charge is -2.03. The van der Waals surface area contributed by atoms with Gasteiger partial charge in [-0.05, 0) is 6.07 Å². The number of hydrogen-bond donors (Lipinski definition) is 1. The first kappa shape index (κ1) is 11.2. The molecule has 1 aromatic rings. The summed E-state index contributed by atoms with van der Waals surface area (Å²) in [5, 5.41) is 4.23. The van der Waals surface area contributed by atoms with Gasteiger partial charge >= 0.3 is 0 Å². The van der Waals surface area contributed by atoms with Gasteiger partial charge in [0.2, 0.25) is 0 Å². The summed E-state index contributed by atoms with van der Waals surface area (Å²) in [5.41, 5.74) is 6.34. The predicted octanol–water partition coefficient (Wildman–Crippen LogP) is 0.00480. The van der Waals surface area contributed by atoms with Crippen LogP contribution in [0.2, 0.25) is 0 Å². The molecule has 0 aliphatic carbocycles. The number of rotatable bonds is 7. The van der Waals surface area contributed by atoms with Crippen LogP contribution in [-0.2, 0) is 22.6 Å². The minimum Gasteiger partial charge on any atom is -0.382 e. The molecule has 0 spiro atoms. The minimum absolute atomic E-state index is 0.484. The molecular weight excluding hydrogens is 182 g/mol. The van der Waals surface area contributed by atoms with Gasteiger partial charge in [-0.3, -0.25) is 4.68 Å². The first-order valence-electron chi connectivity index (χ1n) is 4.66. The van der Waals surface area contributed by atoms with E-state index in [1.165, 1.54) is 0 Å². The van der Waals surface area contributed by atoms with Gasteiger partial charge in [0.15, 0.2) is 0 Å². The van der Waals surface area contributed by atoms with Crippen molar-refractivity contribution >= 4 is 0 Å². The highest BCUT2D eigenvalue weighted by molar-refractivity contribution is 4.97. The van der Waals surface area contributed by atoms with Crippen molar-refractivity contribution in [3.8, 4) is 0 Å². The Morgan fingerprint density at radius 2 is 2.29 bits per heavy atom. The second-order valence-corrected chi connectivity index (χ2v) is 2.88. The SMILES string of the molecule is COCCOCCn1ccc(CN)n1. The minimum atomic E-state index is 0.484. The summed E-state index contributed by atoms with van der Waals surface area (Å²) >= 11 is 0. The van der Waals surface area contributed by atoms with Crippen LogP contribution in [0.4, 0.5) is 0 Å². The van der Waals surface area contributed by atoms with Crippen molar-refractivity contribution in [3.63, 3.8) is 0 Å². The molecule has 0 aliphatic rings. The fourth-order valence-corrected chi connectivity index (χ4v) is 1.04. The Morgan fingerprint density at radius 3 is 2.93 bits per heavy atom. The Kier molecular flexibility index (Phi) is 5.21. The zero-order chi connectivity index (χ0) is 10.2. The Morgan fingerprint density at radius 1 is 1.43 bits per heavy atom. The van der Waals surface area contributed by atoms with Crippen LogP contribution in [0.15, 0.2) is 12.3 Å². The monoisotopic (exact) mass is 199 g/mol. The first-order chi connectivity index (χ1) is 6.86. The summed E-state index contributed by atoms with van der Waals surface area (Å²) in [7, 11) is 1.66. The normalized spacial score (nSPS) is 10.7. The van der Waals surface area contributed by atoms with Gasteiger partial charge < -0.3 is 15.2 Å². The molecule has 0 saturated carbocycles. The van der Waals surface area contributed by atoms with Gasteiger partial charge in [0, 0.05) is 19.9 Å². The van der Waals surface area contributed by atoms with Crippen LogP contribution in [0.5, 0.6) is 0 Å². The van der Waals surface area contributed by atoms with Crippen LogP contribution in [0.3, 0.4) is 0 Å². The van der Waals surface area contributed by atoms with E-state index >= 15 is 0 Å². The number of ether oxygens (including phenoxy) is 2. The molecule has 0 radical (unpaired) electrons. The zero-order valence-electron chi connectivity index (χ0n) is 8.48. The lowest BCUT2D eigenvalue weighted by Crippen LogP contribution is -2.10. The van der Waals surface area contributed by atoms with Gasteiger partial charge in [-0.15, -0.1) is 0 Å². The summed E-state index contributed by atoms with van der Waals surface area (Å²) in [4.78, 5) is 0. The largest absolute Gasteiger partial charge is 0.382 e. The molecule has 0 unspecified atom stereocenters. The van der Waals surface area contributed by atoms with E-state index in [9.17, 15) is 0 Å². The molecule has 5 heteroatoms. The highest BCUT2D eigenvalue weighted by Crippen LogP contribution is 1.93. The van der Waals surface area contributed by atoms with E-state index in [4.69, 9.17) is 15.2 Å². The van der Waals surface area contributed by atoms with Crippen LogP contribution in [0.25, 0.3) is 0 Å². The third-order valence-electron chi connectivity index (χ3n) is 1.80. The van der Waals surface area contributed by atoms with Crippen LogP contribution in [0, 0.1) is 0 Å². The summed E-state index contributed by atoms with van der Waals surface area (Å²) in [5.74, 6) is 0. The Labute approximate surface area is 83.8 Å².